The first-order valence-corrected chi connectivity index (χ1v) is 9.51. The molecule has 3 heterocycles. The van der Waals surface area contributed by atoms with E-state index < -0.39 is 12.1 Å². The molecule has 1 aromatic heterocycles. The Morgan fingerprint density at radius 1 is 1.22 bits per heavy atom. The van der Waals surface area contributed by atoms with Crippen LogP contribution < -0.4 is 5.32 Å². The van der Waals surface area contributed by atoms with Gasteiger partial charge in [-0.25, -0.2) is 4.79 Å². The van der Waals surface area contributed by atoms with Crippen molar-refractivity contribution in [3.8, 4) is 0 Å². The summed E-state index contributed by atoms with van der Waals surface area (Å²) in [4.78, 5) is 43.7. The molecule has 1 aromatic carbocycles. The highest BCUT2D eigenvalue weighted by molar-refractivity contribution is 6.06. The average molecular weight is 368 g/mol. The third kappa shape index (κ3) is 3.29. The van der Waals surface area contributed by atoms with Crippen molar-refractivity contribution in [2.45, 2.75) is 44.7 Å². The fraction of sp³-hybridized carbons (Fsp3) is 0.450. The van der Waals surface area contributed by atoms with Gasteiger partial charge in [-0.15, -0.1) is 0 Å². The number of hydrogen-bond donors (Lipinski definition) is 2. The smallest absolute Gasteiger partial charge is 0.325 e. The predicted octanol–water partition coefficient (Wildman–Crippen LogP) is 2.03. The molecule has 0 bridgehead atoms. The normalized spacial score (nSPS) is 23.1. The monoisotopic (exact) mass is 368 g/mol. The van der Waals surface area contributed by atoms with Crippen molar-refractivity contribution in [3.63, 3.8) is 0 Å². The van der Waals surface area contributed by atoms with E-state index in [1.54, 1.807) is 4.90 Å². The summed E-state index contributed by atoms with van der Waals surface area (Å²) in [5.41, 5.74) is 1.97. The summed E-state index contributed by atoms with van der Waals surface area (Å²) in [7, 11) is 0. The zero-order chi connectivity index (χ0) is 19.0. The van der Waals surface area contributed by atoms with Gasteiger partial charge in [-0.3, -0.25) is 14.5 Å². The number of carbonyl (C=O) groups is 3. The molecule has 2 saturated heterocycles. The largest absolute Gasteiger partial charge is 0.361 e. The van der Waals surface area contributed by atoms with Crippen molar-refractivity contribution < 1.29 is 14.4 Å². The van der Waals surface area contributed by atoms with E-state index in [1.807, 2.05) is 37.4 Å². The second kappa shape index (κ2) is 7.06. The van der Waals surface area contributed by atoms with Gasteiger partial charge in [-0.05, 0) is 37.8 Å². The van der Waals surface area contributed by atoms with Crippen LogP contribution in [-0.4, -0.2) is 57.8 Å². The topological polar surface area (TPSA) is 85.5 Å². The van der Waals surface area contributed by atoms with Gasteiger partial charge >= 0.3 is 6.03 Å². The summed E-state index contributed by atoms with van der Waals surface area (Å²) in [6.07, 6.45) is 5.32. The minimum absolute atomic E-state index is 0.154. The van der Waals surface area contributed by atoms with E-state index in [0.717, 1.165) is 40.6 Å². The standard InChI is InChI=1S/C20H24N4O3/c1-13-6-4-5-9-23(13)18(25)12-24-19(26)17(22-20(24)27)10-14-11-21-16-8-3-2-7-15(14)16/h2-3,7-8,11,13,17,21H,4-6,9-10,12H2,1H3,(H,22,27)/t13-,17-/m0/s1. The van der Waals surface area contributed by atoms with E-state index in [9.17, 15) is 14.4 Å². The van der Waals surface area contributed by atoms with Gasteiger partial charge in [0.1, 0.15) is 12.6 Å². The van der Waals surface area contributed by atoms with Crippen LogP contribution >= 0.6 is 0 Å². The Bertz CT molecular complexity index is 890. The molecule has 2 aliphatic rings. The highest BCUT2D eigenvalue weighted by Crippen LogP contribution is 2.22. The molecule has 0 unspecified atom stereocenters. The number of piperidine rings is 1. The average Bonchev–Trinajstić information content (AvgIpc) is 3.19. The first-order valence-electron chi connectivity index (χ1n) is 9.51. The quantitative estimate of drug-likeness (QED) is 0.810. The molecule has 7 heteroatoms. The minimum atomic E-state index is -0.636. The lowest BCUT2D eigenvalue weighted by atomic mass is 10.0. The van der Waals surface area contributed by atoms with E-state index >= 15 is 0 Å². The number of benzene rings is 1. The second-order valence-electron chi connectivity index (χ2n) is 7.42. The Morgan fingerprint density at radius 3 is 2.85 bits per heavy atom. The fourth-order valence-corrected chi connectivity index (χ4v) is 4.08. The fourth-order valence-electron chi connectivity index (χ4n) is 4.08. The number of carbonyl (C=O) groups excluding carboxylic acids is 3. The highest BCUT2D eigenvalue weighted by atomic mass is 16.2. The van der Waals surface area contributed by atoms with Crippen LogP contribution in [-0.2, 0) is 16.0 Å². The van der Waals surface area contributed by atoms with Crippen LogP contribution in [0.3, 0.4) is 0 Å². The molecule has 0 spiro atoms. The third-order valence-corrected chi connectivity index (χ3v) is 5.62. The molecule has 2 atom stereocenters. The third-order valence-electron chi connectivity index (χ3n) is 5.62. The van der Waals surface area contributed by atoms with Gasteiger partial charge in [0.25, 0.3) is 5.91 Å². The molecule has 27 heavy (non-hydrogen) atoms. The molecular formula is C20H24N4O3. The molecule has 0 aliphatic carbocycles. The first-order chi connectivity index (χ1) is 13.0. The van der Waals surface area contributed by atoms with Gasteiger partial charge in [-0.2, -0.15) is 0 Å². The summed E-state index contributed by atoms with van der Waals surface area (Å²) in [6, 6.07) is 6.89. The summed E-state index contributed by atoms with van der Waals surface area (Å²) in [6.45, 7) is 2.53. The van der Waals surface area contributed by atoms with Crippen molar-refractivity contribution in [2.24, 2.45) is 0 Å². The van der Waals surface area contributed by atoms with Crippen molar-refractivity contribution in [1.29, 1.82) is 0 Å². The highest BCUT2D eigenvalue weighted by Gasteiger charge is 2.40. The van der Waals surface area contributed by atoms with Gasteiger partial charge in [-0.1, -0.05) is 18.2 Å². The number of fused-ring (bicyclic) bond motifs is 1. The minimum Gasteiger partial charge on any atom is -0.361 e. The van der Waals surface area contributed by atoms with Crippen molar-refractivity contribution in [2.75, 3.05) is 13.1 Å². The van der Waals surface area contributed by atoms with E-state index in [2.05, 4.69) is 10.3 Å². The molecular weight excluding hydrogens is 344 g/mol. The summed E-state index contributed by atoms with van der Waals surface area (Å²) >= 11 is 0. The predicted molar refractivity (Wildman–Crippen MR) is 101 cm³/mol. The molecule has 4 rings (SSSR count). The van der Waals surface area contributed by atoms with Crippen LogP contribution in [0, 0.1) is 0 Å². The first kappa shape index (κ1) is 17.6. The molecule has 0 radical (unpaired) electrons. The van der Waals surface area contributed by atoms with Crippen LogP contribution in [0.4, 0.5) is 4.79 Å². The van der Waals surface area contributed by atoms with Crippen LogP contribution in [0.5, 0.6) is 0 Å². The molecule has 142 valence electrons. The lowest BCUT2D eigenvalue weighted by Gasteiger charge is -2.34. The number of nitrogens with zero attached hydrogens (tertiary/aromatic N) is 2. The number of amides is 4. The maximum absolute atomic E-state index is 12.7. The molecule has 2 aromatic rings. The summed E-state index contributed by atoms with van der Waals surface area (Å²) in [5, 5.41) is 3.77. The van der Waals surface area contributed by atoms with E-state index in [-0.39, 0.29) is 24.4 Å². The van der Waals surface area contributed by atoms with E-state index in [0.29, 0.717) is 13.0 Å². The van der Waals surface area contributed by atoms with Crippen LogP contribution in [0.2, 0.25) is 0 Å². The van der Waals surface area contributed by atoms with Gasteiger partial charge in [0.15, 0.2) is 0 Å². The van der Waals surface area contributed by atoms with Crippen molar-refractivity contribution in [1.82, 2.24) is 20.1 Å². The number of aromatic amines is 1. The van der Waals surface area contributed by atoms with E-state index in [1.165, 1.54) is 0 Å². The van der Waals surface area contributed by atoms with Crippen LogP contribution in [0.15, 0.2) is 30.5 Å². The molecule has 7 nitrogen and oxygen atoms in total. The summed E-state index contributed by atoms with van der Waals surface area (Å²) < 4.78 is 0. The van der Waals surface area contributed by atoms with Crippen molar-refractivity contribution >= 4 is 28.7 Å². The lowest BCUT2D eigenvalue weighted by Crippen LogP contribution is -2.48. The summed E-state index contributed by atoms with van der Waals surface area (Å²) in [5.74, 6) is -0.485. The number of urea groups is 1. The molecule has 2 fully saturated rings. The Morgan fingerprint density at radius 2 is 2.04 bits per heavy atom. The maximum Gasteiger partial charge on any atom is 0.325 e. The molecule has 0 saturated carbocycles. The van der Waals surface area contributed by atoms with Crippen LogP contribution in [0.1, 0.15) is 31.7 Å². The number of H-pyrrole nitrogens is 1. The number of para-hydroxylation sites is 1. The lowest BCUT2D eigenvalue weighted by molar-refractivity contribution is -0.139. The Hall–Kier alpha value is -2.83. The molecule has 2 aliphatic heterocycles. The zero-order valence-corrected chi connectivity index (χ0v) is 15.4. The van der Waals surface area contributed by atoms with Gasteiger partial charge in [0.05, 0.1) is 0 Å². The number of rotatable bonds is 4. The Kier molecular flexibility index (Phi) is 4.59. The SMILES string of the molecule is C[C@H]1CCCCN1C(=O)CN1C(=O)N[C@@H](Cc2c[nH]c3ccccc23)C1=O. The van der Waals surface area contributed by atoms with Crippen LogP contribution in [0.25, 0.3) is 10.9 Å². The van der Waals surface area contributed by atoms with Gasteiger partial charge in [0, 0.05) is 36.1 Å². The maximum atomic E-state index is 12.7. The molecule has 4 amide bonds. The number of likely N-dealkylation sites (tertiary alicyclic amines) is 1. The zero-order valence-electron chi connectivity index (χ0n) is 15.4. The Labute approximate surface area is 157 Å². The number of nitrogens with one attached hydrogen (secondary N) is 2. The second-order valence-corrected chi connectivity index (χ2v) is 7.42. The number of hydrogen-bond acceptors (Lipinski definition) is 3. The number of imide groups is 1. The van der Waals surface area contributed by atoms with Crippen molar-refractivity contribution in [3.05, 3.63) is 36.0 Å². The van der Waals surface area contributed by atoms with Gasteiger partial charge in [0.2, 0.25) is 5.91 Å². The van der Waals surface area contributed by atoms with Gasteiger partial charge < -0.3 is 15.2 Å². The number of aromatic nitrogens is 1. The molecule has 2 N–H and O–H groups in total. The Balaban J connectivity index is 1.45. The van der Waals surface area contributed by atoms with E-state index in [4.69, 9.17) is 0 Å².